The van der Waals surface area contributed by atoms with E-state index in [9.17, 15) is 0 Å². The molecule has 2 aromatic carbocycles. The molecule has 0 aliphatic carbocycles. The van der Waals surface area contributed by atoms with Gasteiger partial charge in [0, 0.05) is 23.1 Å². The minimum atomic E-state index is 0.119. The number of benzene rings is 2. The summed E-state index contributed by atoms with van der Waals surface area (Å²) in [5, 5.41) is 8.23. The van der Waals surface area contributed by atoms with E-state index in [2.05, 4.69) is 20.4 Å². The van der Waals surface area contributed by atoms with Crippen molar-refractivity contribution < 1.29 is 18.7 Å². The number of hydrogen-bond acceptors (Lipinski definition) is 8. The van der Waals surface area contributed by atoms with E-state index in [0.717, 1.165) is 22.4 Å². The van der Waals surface area contributed by atoms with Crippen molar-refractivity contribution in [3.05, 3.63) is 53.5 Å². The average Bonchev–Trinajstić information content (AvgIpc) is 3.25. The molecule has 0 saturated heterocycles. The highest BCUT2D eigenvalue weighted by Crippen LogP contribution is 2.34. The third kappa shape index (κ3) is 3.95. The molecule has 0 spiro atoms. The highest BCUT2D eigenvalue weighted by molar-refractivity contribution is 6.28. The number of halogens is 1. The summed E-state index contributed by atoms with van der Waals surface area (Å²) in [6.45, 7) is 0.361. The third-order valence-corrected chi connectivity index (χ3v) is 4.72. The van der Waals surface area contributed by atoms with Crippen LogP contribution in [-0.4, -0.2) is 36.5 Å². The predicted octanol–water partition coefficient (Wildman–Crippen LogP) is 4.58. The monoisotopic (exact) mass is 426 g/mol. The van der Waals surface area contributed by atoms with E-state index in [1.165, 1.54) is 0 Å². The van der Waals surface area contributed by atoms with Gasteiger partial charge in [-0.05, 0) is 41.9 Å². The van der Waals surface area contributed by atoms with Crippen molar-refractivity contribution in [2.75, 3.05) is 26.6 Å². The zero-order valence-corrected chi connectivity index (χ0v) is 17.4. The molecule has 9 heteroatoms. The summed E-state index contributed by atoms with van der Waals surface area (Å²) in [5.74, 6) is 3.10. The lowest BCUT2D eigenvalue weighted by molar-refractivity contribution is 0.356. The minimum absolute atomic E-state index is 0.119. The van der Waals surface area contributed by atoms with Gasteiger partial charge in [0.05, 0.1) is 33.4 Å². The van der Waals surface area contributed by atoms with Crippen molar-refractivity contribution in [1.82, 2.24) is 15.1 Å². The first-order valence-corrected chi connectivity index (χ1v) is 9.42. The molecule has 4 rings (SSSR count). The van der Waals surface area contributed by atoms with Crippen LogP contribution in [0.25, 0.3) is 22.2 Å². The normalized spacial score (nSPS) is 10.8. The topological polar surface area (TPSA) is 91.5 Å². The van der Waals surface area contributed by atoms with Gasteiger partial charge in [-0.15, -0.1) is 0 Å². The summed E-state index contributed by atoms with van der Waals surface area (Å²) in [4.78, 5) is 8.57. The number of nitrogens with zero attached hydrogens (tertiary/aromatic N) is 3. The van der Waals surface area contributed by atoms with Crippen LogP contribution in [0.15, 0.2) is 47.0 Å². The number of methoxy groups -OCH3 is 3. The van der Waals surface area contributed by atoms with Gasteiger partial charge in [-0.3, -0.25) is 0 Å². The molecule has 1 N–H and O–H groups in total. The molecule has 0 saturated carbocycles. The number of aromatic nitrogens is 3. The van der Waals surface area contributed by atoms with E-state index in [0.29, 0.717) is 35.1 Å². The number of anilines is 1. The lowest BCUT2D eigenvalue weighted by Crippen LogP contribution is -2.03. The smallest absolute Gasteiger partial charge is 0.224 e. The number of fused-ring (bicyclic) bond motifs is 1. The van der Waals surface area contributed by atoms with E-state index in [4.69, 9.17) is 30.3 Å². The number of rotatable bonds is 7. The highest BCUT2D eigenvalue weighted by atomic mass is 35.5. The Kier molecular flexibility index (Phi) is 5.58. The van der Waals surface area contributed by atoms with Crippen molar-refractivity contribution in [3.8, 4) is 28.5 Å². The predicted molar refractivity (Wildman–Crippen MR) is 113 cm³/mol. The van der Waals surface area contributed by atoms with Crippen molar-refractivity contribution in [2.45, 2.75) is 6.54 Å². The molecule has 0 unspecified atom stereocenters. The van der Waals surface area contributed by atoms with Gasteiger partial charge in [-0.1, -0.05) is 5.16 Å². The molecule has 30 heavy (non-hydrogen) atoms. The fraction of sp³-hybridized carbons (Fsp3) is 0.190. The molecule has 0 atom stereocenters. The van der Waals surface area contributed by atoms with Crippen molar-refractivity contribution in [1.29, 1.82) is 0 Å². The zero-order valence-electron chi connectivity index (χ0n) is 16.6. The quantitative estimate of drug-likeness (QED) is 0.429. The minimum Gasteiger partial charge on any atom is -0.497 e. The van der Waals surface area contributed by atoms with Crippen LogP contribution in [0, 0.1) is 0 Å². The standard InChI is InChI=1S/C21H19ClN4O4/c1-27-13-6-4-12(5-7-13)16-8-14(30-26-16)11-23-20-15-9-18(28-2)19(29-3)10-17(15)24-21(22)25-20/h4-10H,11H2,1-3H3,(H,23,24,25). The Morgan fingerprint density at radius 2 is 1.67 bits per heavy atom. The van der Waals surface area contributed by atoms with Crippen LogP contribution in [0.5, 0.6) is 17.2 Å². The summed E-state index contributed by atoms with van der Waals surface area (Å²) >= 11 is 6.10. The summed E-state index contributed by atoms with van der Waals surface area (Å²) < 4.78 is 21.4. The van der Waals surface area contributed by atoms with Gasteiger partial charge in [0.15, 0.2) is 17.3 Å². The molecule has 4 aromatic rings. The van der Waals surface area contributed by atoms with Crippen LogP contribution in [0.1, 0.15) is 5.76 Å². The molecular formula is C21H19ClN4O4. The van der Waals surface area contributed by atoms with Crippen molar-refractivity contribution in [2.24, 2.45) is 0 Å². The van der Waals surface area contributed by atoms with Crippen LogP contribution in [0.2, 0.25) is 5.28 Å². The van der Waals surface area contributed by atoms with Gasteiger partial charge in [0.25, 0.3) is 0 Å². The second-order valence-electron chi connectivity index (χ2n) is 6.33. The lowest BCUT2D eigenvalue weighted by Gasteiger charge is -2.12. The van der Waals surface area contributed by atoms with Gasteiger partial charge in [-0.25, -0.2) is 9.97 Å². The SMILES string of the molecule is COc1ccc(-c2cc(CNc3nc(Cl)nc4cc(OC)c(OC)cc34)on2)cc1. The number of ether oxygens (including phenoxy) is 3. The van der Waals surface area contributed by atoms with E-state index in [-0.39, 0.29) is 5.28 Å². The van der Waals surface area contributed by atoms with Crippen LogP contribution in [0.4, 0.5) is 5.82 Å². The third-order valence-electron chi connectivity index (χ3n) is 4.55. The maximum Gasteiger partial charge on any atom is 0.224 e. The number of hydrogen-bond donors (Lipinski definition) is 1. The van der Waals surface area contributed by atoms with Gasteiger partial charge < -0.3 is 24.1 Å². The first-order chi connectivity index (χ1) is 14.6. The van der Waals surface area contributed by atoms with E-state index >= 15 is 0 Å². The lowest BCUT2D eigenvalue weighted by atomic mass is 10.1. The van der Waals surface area contributed by atoms with Gasteiger partial charge >= 0.3 is 0 Å². The second-order valence-corrected chi connectivity index (χ2v) is 6.66. The molecule has 2 aromatic heterocycles. The molecule has 0 radical (unpaired) electrons. The molecule has 8 nitrogen and oxygen atoms in total. The number of nitrogens with one attached hydrogen (secondary N) is 1. The summed E-state index contributed by atoms with van der Waals surface area (Å²) in [7, 11) is 4.77. The summed E-state index contributed by atoms with van der Waals surface area (Å²) in [6.07, 6.45) is 0. The molecule has 154 valence electrons. The highest BCUT2D eigenvalue weighted by Gasteiger charge is 2.14. The largest absolute Gasteiger partial charge is 0.497 e. The van der Waals surface area contributed by atoms with Crippen molar-refractivity contribution >= 4 is 28.3 Å². The first-order valence-electron chi connectivity index (χ1n) is 9.04. The summed E-state index contributed by atoms with van der Waals surface area (Å²) in [5.41, 5.74) is 2.29. The first kappa shape index (κ1) is 19.8. The van der Waals surface area contributed by atoms with Gasteiger partial charge in [-0.2, -0.15) is 0 Å². The maximum atomic E-state index is 6.10. The Hall–Kier alpha value is -3.52. The molecular weight excluding hydrogens is 408 g/mol. The van der Waals surface area contributed by atoms with Crippen LogP contribution in [-0.2, 0) is 6.54 Å². The Labute approximate surface area is 177 Å². The van der Waals surface area contributed by atoms with Gasteiger partial charge in [0.1, 0.15) is 17.3 Å². The summed E-state index contributed by atoms with van der Waals surface area (Å²) in [6, 6.07) is 13.0. The van der Waals surface area contributed by atoms with Crippen LogP contribution < -0.4 is 19.5 Å². The molecule has 0 bridgehead atoms. The van der Waals surface area contributed by atoms with Crippen molar-refractivity contribution in [3.63, 3.8) is 0 Å². The Morgan fingerprint density at radius 3 is 2.37 bits per heavy atom. The Morgan fingerprint density at radius 1 is 0.933 bits per heavy atom. The van der Waals surface area contributed by atoms with Crippen LogP contribution in [0.3, 0.4) is 0 Å². The molecule has 0 amide bonds. The Bertz CT molecular complexity index is 1180. The average molecular weight is 427 g/mol. The maximum absolute atomic E-state index is 6.10. The fourth-order valence-corrected chi connectivity index (χ4v) is 3.20. The van der Waals surface area contributed by atoms with E-state index < -0.39 is 0 Å². The van der Waals surface area contributed by atoms with Crippen LogP contribution >= 0.6 is 11.6 Å². The fourth-order valence-electron chi connectivity index (χ4n) is 3.03. The van der Waals surface area contributed by atoms with E-state index in [1.54, 1.807) is 33.5 Å². The van der Waals surface area contributed by atoms with Gasteiger partial charge in [0.2, 0.25) is 5.28 Å². The zero-order chi connectivity index (χ0) is 21.1. The molecule has 2 heterocycles. The molecule has 0 aliphatic rings. The Balaban J connectivity index is 1.58. The van der Waals surface area contributed by atoms with E-state index in [1.807, 2.05) is 30.3 Å². The molecule has 0 fully saturated rings. The second kappa shape index (κ2) is 8.46. The molecule has 0 aliphatic heterocycles.